The molecule has 1 saturated carbocycles. The molecule has 1 fully saturated rings. The van der Waals surface area contributed by atoms with Gasteiger partial charge >= 0.3 is 13.8 Å². The summed E-state index contributed by atoms with van der Waals surface area (Å²) in [6.07, 6.45) is 4.10. The smallest absolute Gasteiger partial charge is 0.466 e. The van der Waals surface area contributed by atoms with E-state index in [1.54, 1.807) is 20.8 Å². The molecule has 0 radical (unpaired) electrons. The molecule has 8 heteroatoms. The van der Waals surface area contributed by atoms with E-state index in [-0.39, 0.29) is 37.5 Å². The number of rotatable bonds is 8. The van der Waals surface area contributed by atoms with Crippen molar-refractivity contribution in [1.82, 2.24) is 0 Å². The Morgan fingerprint density at radius 1 is 1.29 bits per heavy atom. The first-order valence-corrected chi connectivity index (χ1v) is 10.0. The molecule has 0 aromatic heterocycles. The summed E-state index contributed by atoms with van der Waals surface area (Å²) in [7, 11) is -3.83. The lowest BCUT2D eigenvalue weighted by atomic mass is 9.76. The number of ether oxygens (including phenoxy) is 1. The van der Waals surface area contributed by atoms with Gasteiger partial charge in [0, 0.05) is 0 Å². The molecule has 24 heavy (non-hydrogen) atoms. The minimum atomic E-state index is -3.83. The van der Waals surface area contributed by atoms with Gasteiger partial charge in [-0.1, -0.05) is 0 Å². The molecule has 0 spiro atoms. The van der Waals surface area contributed by atoms with Crippen LogP contribution >= 0.6 is 7.82 Å². The number of hydrogen-bond donors (Lipinski definition) is 1. The Morgan fingerprint density at radius 3 is 2.54 bits per heavy atom. The van der Waals surface area contributed by atoms with E-state index in [9.17, 15) is 14.5 Å². The summed E-state index contributed by atoms with van der Waals surface area (Å²) in [5, 5.41) is 11.0. The van der Waals surface area contributed by atoms with Gasteiger partial charge in [-0.05, 0) is 58.4 Å². The minimum absolute atomic E-state index is 0.111. The topological polar surface area (TPSA) is 91.3 Å². The molecule has 2 rings (SSSR count). The molecule has 0 unspecified atom stereocenters. The maximum Gasteiger partial charge on any atom is 0.529 e. The molecule has 0 aromatic carbocycles. The van der Waals surface area contributed by atoms with E-state index in [0.29, 0.717) is 12.8 Å². The molecule has 0 amide bonds. The van der Waals surface area contributed by atoms with E-state index < -0.39 is 19.3 Å². The van der Waals surface area contributed by atoms with Crippen LogP contribution < -0.4 is 0 Å². The van der Waals surface area contributed by atoms with Gasteiger partial charge in [0.1, 0.15) is 11.4 Å². The second-order valence-electron chi connectivity index (χ2n) is 6.01. The highest BCUT2D eigenvalue weighted by atomic mass is 31.2. The molecule has 2 aliphatic carbocycles. The van der Waals surface area contributed by atoms with Gasteiger partial charge in [0.25, 0.3) is 0 Å². The normalized spacial score (nSPS) is 29.8. The Hall–Kier alpha value is -0.880. The van der Waals surface area contributed by atoms with Gasteiger partial charge in [-0.15, -0.1) is 0 Å². The fraction of sp³-hybridized carbons (Fsp3) is 0.812. The van der Waals surface area contributed by atoms with Gasteiger partial charge in [-0.25, -0.2) is 4.57 Å². The van der Waals surface area contributed by atoms with Crippen LogP contribution in [0.15, 0.2) is 11.8 Å². The molecular weight excluding hydrogens is 335 g/mol. The zero-order valence-electron chi connectivity index (χ0n) is 14.5. The van der Waals surface area contributed by atoms with Crippen molar-refractivity contribution in [1.29, 1.82) is 0 Å². The van der Waals surface area contributed by atoms with Crippen molar-refractivity contribution < 1.29 is 32.8 Å². The third-order valence-electron chi connectivity index (χ3n) is 4.48. The average molecular weight is 362 g/mol. The molecule has 3 atom stereocenters. The minimum Gasteiger partial charge on any atom is -0.466 e. The number of hydrogen-bond acceptors (Lipinski definition) is 7. The maximum atomic E-state index is 12.7. The zero-order valence-corrected chi connectivity index (χ0v) is 15.4. The molecule has 0 heterocycles. The quantitative estimate of drug-likeness (QED) is 0.524. The number of carbonyl (C=O) groups is 1. The van der Waals surface area contributed by atoms with E-state index in [0.717, 1.165) is 12.8 Å². The Bertz CT molecular complexity index is 523. The summed E-state index contributed by atoms with van der Waals surface area (Å²) in [5.41, 5.74) is -1.23. The third-order valence-corrected chi connectivity index (χ3v) is 6.05. The molecule has 138 valence electrons. The van der Waals surface area contributed by atoms with Gasteiger partial charge in [-0.2, -0.15) is 0 Å². The van der Waals surface area contributed by atoms with Gasteiger partial charge < -0.3 is 14.4 Å². The van der Waals surface area contributed by atoms with Crippen LogP contribution in [0, 0.1) is 11.8 Å². The highest BCUT2D eigenvalue weighted by Crippen LogP contribution is 2.57. The summed E-state index contributed by atoms with van der Waals surface area (Å²) >= 11 is 0. The predicted molar refractivity (Wildman–Crippen MR) is 87.1 cm³/mol. The molecule has 7 nitrogen and oxygen atoms in total. The zero-order chi connectivity index (χ0) is 17.8. The van der Waals surface area contributed by atoms with E-state index in [4.69, 9.17) is 18.3 Å². The first-order valence-electron chi connectivity index (χ1n) is 8.58. The van der Waals surface area contributed by atoms with Gasteiger partial charge in [0.15, 0.2) is 0 Å². The highest BCUT2D eigenvalue weighted by Gasteiger charge is 2.52. The van der Waals surface area contributed by atoms with Gasteiger partial charge in [0.05, 0.1) is 25.7 Å². The Labute approximate surface area is 142 Å². The predicted octanol–water partition coefficient (Wildman–Crippen LogP) is 3.18. The number of carbonyl (C=O) groups excluding carboxylic acids is 1. The molecule has 0 aromatic rings. The molecule has 0 bridgehead atoms. The maximum absolute atomic E-state index is 12.7. The lowest BCUT2D eigenvalue weighted by Gasteiger charge is -2.38. The van der Waals surface area contributed by atoms with Crippen molar-refractivity contribution in [3.63, 3.8) is 0 Å². The SMILES string of the molecule is CCOC(=O)[C@@H]1C=C(OP(=O)(OCC)OCC)[C@@]2(O)CCC[C@@H]2C1. The van der Waals surface area contributed by atoms with Crippen LogP contribution in [0.3, 0.4) is 0 Å². The van der Waals surface area contributed by atoms with Crippen molar-refractivity contribution in [3.8, 4) is 0 Å². The Kier molecular flexibility index (Phi) is 6.48. The fourth-order valence-corrected chi connectivity index (χ4v) is 4.72. The summed E-state index contributed by atoms with van der Waals surface area (Å²) in [6, 6.07) is 0. The van der Waals surface area contributed by atoms with Crippen LogP contribution in [-0.4, -0.2) is 36.5 Å². The largest absolute Gasteiger partial charge is 0.529 e. The Morgan fingerprint density at radius 2 is 1.96 bits per heavy atom. The second kappa shape index (κ2) is 8.00. The lowest BCUT2D eigenvalue weighted by molar-refractivity contribution is -0.148. The van der Waals surface area contributed by atoms with Crippen LogP contribution in [0.5, 0.6) is 0 Å². The van der Waals surface area contributed by atoms with Crippen LogP contribution in [0.4, 0.5) is 0 Å². The van der Waals surface area contributed by atoms with Crippen LogP contribution in [0.25, 0.3) is 0 Å². The van der Waals surface area contributed by atoms with Crippen molar-refractivity contribution >= 4 is 13.8 Å². The van der Waals surface area contributed by atoms with Crippen molar-refractivity contribution in [3.05, 3.63) is 11.8 Å². The third kappa shape index (κ3) is 4.02. The van der Waals surface area contributed by atoms with Gasteiger partial charge in [0.2, 0.25) is 0 Å². The Balaban J connectivity index is 2.30. The molecule has 0 aliphatic heterocycles. The standard InChI is InChI=1S/C16H27O7P/c1-4-20-15(17)12-10-13-8-7-9-16(13,18)14(11-12)23-24(19,21-5-2)22-6-3/h11-13,18H,4-10H2,1-3H3/t12-,13+,16+/m0/s1. The summed E-state index contributed by atoms with van der Waals surface area (Å²) < 4.78 is 33.6. The number of esters is 1. The highest BCUT2D eigenvalue weighted by molar-refractivity contribution is 7.48. The average Bonchev–Trinajstić information content (AvgIpc) is 2.90. The summed E-state index contributed by atoms with van der Waals surface area (Å²) in [6.45, 7) is 5.68. The first-order chi connectivity index (χ1) is 11.4. The van der Waals surface area contributed by atoms with Crippen molar-refractivity contribution in [2.24, 2.45) is 11.8 Å². The summed E-state index contributed by atoms with van der Waals surface area (Å²) in [5.74, 6) is -0.918. The molecule has 2 aliphatic rings. The van der Waals surface area contributed by atoms with Crippen LogP contribution in [0.2, 0.25) is 0 Å². The van der Waals surface area contributed by atoms with E-state index in [2.05, 4.69) is 0 Å². The number of phosphoric acid groups is 1. The monoisotopic (exact) mass is 362 g/mol. The van der Waals surface area contributed by atoms with E-state index >= 15 is 0 Å². The number of fused-ring (bicyclic) bond motifs is 1. The van der Waals surface area contributed by atoms with Gasteiger partial charge in [-0.3, -0.25) is 13.8 Å². The van der Waals surface area contributed by atoms with Crippen LogP contribution in [-0.2, 0) is 27.7 Å². The van der Waals surface area contributed by atoms with E-state index in [1.807, 2.05) is 0 Å². The molecule has 0 saturated heterocycles. The van der Waals surface area contributed by atoms with Crippen LogP contribution in [0.1, 0.15) is 46.5 Å². The van der Waals surface area contributed by atoms with Crippen molar-refractivity contribution in [2.75, 3.05) is 19.8 Å². The molecular formula is C16H27O7P. The molecule has 1 N–H and O–H groups in total. The van der Waals surface area contributed by atoms with Crippen molar-refractivity contribution in [2.45, 2.75) is 52.1 Å². The first kappa shape index (κ1) is 19.4. The fourth-order valence-electron chi connectivity index (χ4n) is 3.45. The number of phosphoric ester groups is 1. The second-order valence-corrected chi connectivity index (χ2v) is 7.61. The summed E-state index contributed by atoms with van der Waals surface area (Å²) in [4.78, 5) is 12.1. The number of aliphatic hydroxyl groups is 1. The van der Waals surface area contributed by atoms with E-state index in [1.165, 1.54) is 6.08 Å². The lowest BCUT2D eigenvalue weighted by Crippen LogP contribution is -2.42.